The molecule has 1 aromatic heterocycles. The predicted octanol–water partition coefficient (Wildman–Crippen LogP) is 3.01. The van der Waals surface area contributed by atoms with Gasteiger partial charge in [-0.2, -0.15) is 12.1 Å². The molecule has 2 rings (SSSR count). The fourth-order valence-corrected chi connectivity index (χ4v) is 2.11. The maximum Gasteiger partial charge on any atom is 0.208 e. The molecule has 0 spiro atoms. The van der Waals surface area contributed by atoms with Gasteiger partial charge in [0.2, 0.25) is 5.56 Å². The number of ether oxygens (including phenoxy) is 1. The zero-order valence-corrected chi connectivity index (χ0v) is 16.2. The summed E-state index contributed by atoms with van der Waals surface area (Å²) in [6, 6.07) is 12.2. The quantitative estimate of drug-likeness (QED) is 0.565. The Labute approximate surface area is 157 Å². The molecule has 2 aromatic rings. The summed E-state index contributed by atoms with van der Waals surface area (Å²) in [5, 5.41) is 0. The summed E-state index contributed by atoms with van der Waals surface area (Å²) in [7, 11) is 1.72. The van der Waals surface area contributed by atoms with Crippen LogP contribution in [0.3, 0.4) is 0 Å². The van der Waals surface area contributed by atoms with Crippen molar-refractivity contribution in [2.45, 2.75) is 6.92 Å². The second-order valence-corrected chi connectivity index (χ2v) is 4.94. The smallest absolute Gasteiger partial charge is 0.208 e. The molecule has 0 N–H and O–H groups in total. The maximum atomic E-state index is 11.9. The summed E-state index contributed by atoms with van der Waals surface area (Å²) in [5.41, 5.74) is 1.56. The second-order valence-electron chi connectivity index (χ2n) is 4.09. The van der Waals surface area contributed by atoms with Crippen molar-refractivity contribution in [3.8, 4) is 28.8 Å². The Morgan fingerprint density at radius 2 is 2.00 bits per heavy atom. The van der Waals surface area contributed by atoms with Crippen molar-refractivity contribution in [2.75, 3.05) is 6.61 Å². The van der Waals surface area contributed by atoms with E-state index >= 15 is 0 Å². The standard InChI is InChI=1S/C16H13BrNO2.Y/c1-3-4-11-20-13-7-5-12(6-8-13)15-10-9-14(17)16(19)18(15)2;/h5-9H,11H2,1-2H3;/q-1;. The average molecular weight is 420 g/mol. The number of pyridine rings is 1. The normalized spacial score (nSPS) is 9.29. The number of aromatic nitrogens is 1. The first-order chi connectivity index (χ1) is 9.63. The predicted molar refractivity (Wildman–Crippen MR) is 82.6 cm³/mol. The van der Waals surface area contributed by atoms with Crippen LogP contribution in [0, 0.1) is 17.9 Å². The first-order valence-electron chi connectivity index (χ1n) is 6.03. The third-order valence-electron chi connectivity index (χ3n) is 2.80. The number of rotatable bonds is 3. The molecule has 0 atom stereocenters. The number of hydrogen-bond donors (Lipinski definition) is 0. The van der Waals surface area contributed by atoms with Gasteiger partial charge < -0.3 is 9.30 Å². The van der Waals surface area contributed by atoms with Crippen molar-refractivity contribution in [2.24, 2.45) is 7.05 Å². The van der Waals surface area contributed by atoms with E-state index in [0.29, 0.717) is 11.1 Å². The zero-order valence-electron chi connectivity index (χ0n) is 11.8. The van der Waals surface area contributed by atoms with E-state index in [1.165, 1.54) is 0 Å². The molecule has 0 amide bonds. The minimum absolute atomic E-state index is 0. The number of benzene rings is 1. The van der Waals surface area contributed by atoms with Crippen LogP contribution in [0.2, 0.25) is 0 Å². The van der Waals surface area contributed by atoms with E-state index < -0.39 is 0 Å². The van der Waals surface area contributed by atoms with E-state index in [-0.39, 0.29) is 38.3 Å². The average Bonchev–Trinajstić information content (AvgIpc) is 2.46. The molecule has 0 aliphatic heterocycles. The minimum Gasteiger partial charge on any atom is -0.481 e. The summed E-state index contributed by atoms with van der Waals surface area (Å²) >= 11 is 3.20. The van der Waals surface area contributed by atoms with Gasteiger partial charge in [-0.3, -0.25) is 4.79 Å². The van der Waals surface area contributed by atoms with Crippen LogP contribution in [0.4, 0.5) is 0 Å². The van der Waals surface area contributed by atoms with Crippen LogP contribution < -0.4 is 10.3 Å². The summed E-state index contributed by atoms with van der Waals surface area (Å²) in [4.78, 5) is 11.9. The summed E-state index contributed by atoms with van der Waals surface area (Å²) in [6.07, 6.45) is 0. The van der Waals surface area contributed by atoms with Gasteiger partial charge in [0.05, 0.1) is 0 Å². The molecule has 0 saturated carbocycles. The second kappa shape index (κ2) is 8.53. The topological polar surface area (TPSA) is 31.2 Å². The van der Waals surface area contributed by atoms with E-state index in [1.54, 1.807) is 24.6 Å². The molecule has 0 saturated heterocycles. The van der Waals surface area contributed by atoms with Crippen molar-refractivity contribution in [1.29, 1.82) is 0 Å². The SMILES string of the molecule is CC#CCOc1ccc(-c2[c-]cc(Br)c(=O)n2C)cc1.[Y]. The maximum absolute atomic E-state index is 11.9. The third kappa shape index (κ3) is 4.54. The van der Waals surface area contributed by atoms with Gasteiger partial charge >= 0.3 is 0 Å². The first kappa shape index (κ1) is 18.2. The van der Waals surface area contributed by atoms with Crippen LogP contribution in [-0.4, -0.2) is 11.2 Å². The van der Waals surface area contributed by atoms with Crippen LogP contribution in [0.5, 0.6) is 5.75 Å². The zero-order chi connectivity index (χ0) is 14.5. The van der Waals surface area contributed by atoms with Gasteiger partial charge in [-0.25, -0.2) is 0 Å². The van der Waals surface area contributed by atoms with Crippen molar-refractivity contribution < 1.29 is 37.4 Å². The van der Waals surface area contributed by atoms with Crippen LogP contribution >= 0.6 is 15.9 Å². The minimum atomic E-state index is -0.0858. The Bertz CT molecular complexity index is 727. The molecular weight excluding hydrogens is 407 g/mol. The van der Waals surface area contributed by atoms with Gasteiger partial charge in [0.25, 0.3) is 0 Å². The molecule has 21 heavy (non-hydrogen) atoms. The Morgan fingerprint density at radius 1 is 1.33 bits per heavy atom. The van der Waals surface area contributed by atoms with E-state index in [1.807, 2.05) is 24.3 Å². The molecule has 5 heteroatoms. The fraction of sp³-hybridized carbons (Fsp3) is 0.188. The summed E-state index contributed by atoms with van der Waals surface area (Å²) < 4.78 is 7.51. The van der Waals surface area contributed by atoms with Gasteiger partial charge in [-0.05, 0) is 23.5 Å². The number of nitrogens with zero attached hydrogens (tertiary/aromatic N) is 1. The van der Waals surface area contributed by atoms with Gasteiger partial charge in [-0.1, -0.05) is 17.2 Å². The summed E-state index contributed by atoms with van der Waals surface area (Å²) in [5.74, 6) is 6.36. The van der Waals surface area contributed by atoms with Gasteiger partial charge in [0.15, 0.2) is 0 Å². The molecule has 0 fully saturated rings. The third-order valence-corrected chi connectivity index (χ3v) is 3.36. The van der Waals surface area contributed by atoms with Crippen molar-refractivity contribution in [3.05, 3.63) is 51.2 Å². The van der Waals surface area contributed by atoms with E-state index in [2.05, 4.69) is 33.8 Å². The van der Waals surface area contributed by atoms with Gasteiger partial charge in [0.1, 0.15) is 12.4 Å². The molecule has 3 nitrogen and oxygen atoms in total. The fourth-order valence-electron chi connectivity index (χ4n) is 1.73. The van der Waals surface area contributed by atoms with Crippen LogP contribution in [0.15, 0.2) is 39.6 Å². The molecule has 0 bridgehead atoms. The molecule has 0 aliphatic carbocycles. The van der Waals surface area contributed by atoms with Gasteiger partial charge in [0, 0.05) is 39.8 Å². The van der Waals surface area contributed by atoms with Crippen molar-refractivity contribution >= 4 is 15.9 Å². The van der Waals surface area contributed by atoms with Crippen molar-refractivity contribution in [1.82, 2.24) is 4.57 Å². The molecule has 1 aromatic carbocycles. The Morgan fingerprint density at radius 3 is 2.62 bits per heavy atom. The van der Waals surface area contributed by atoms with Crippen LogP contribution in [0.25, 0.3) is 11.3 Å². The van der Waals surface area contributed by atoms with Crippen LogP contribution in [0.1, 0.15) is 6.92 Å². The molecule has 0 aliphatic rings. The molecule has 1 heterocycles. The Balaban J connectivity index is 0.00000220. The van der Waals surface area contributed by atoms with E-state index in [9.17, 15) is 4.79 Å². The molecule has 105 valence electrons. The Kier molecular flexibility index (Phi) is 7.38. The molecule has 1 radical (unpaired) electrons. The largest absolute Gasteiger partial charge is 0.481 e. The molecule has 0 unspecified atom stereocenters. The Hall–Kier alpha value is -0.886. The first-order valence-corrected chi connectivity index (χ1v) is 6.83. The van der Waals surface area contributed by atoms with E-state index in [0.717, 1.165) is 17.0 Å². The monoisotopic (exact) mass is 419 g/mol. The van der Waals surface area contributed by atoms with Crippen LogP contribution in [-0.2, 0) is 39.8 Å². The summed E-state index contributed by atoms with van der Waals surface area (Å²) in [6.45, 7) is 2.15. The number of halogens is 1. The molecular formula is C16H13BrNO2Y-. The van der Waals surface area contributed by atoms with Gasteiger partial charge in [-0.15, -0.1) is 34.0 Å². The number of hydrogen-bond acceptors (Lipinski definition) is 2. The van der Waals surface area contributed by atoms with Crippen molar-refractivity contribution in [3.63, 3.8) is 0 Å². The van der Waals surface area contributed by atoms with E-state index in [4.69, 9.17) is 4.74 Å².